The molecule has 122 valence electrons. The molecule has 0 atom stereocenters. The molecule has 0 aliphatic carbocycles. The molecule has 0 N–H and O–H groups in total. The number of benzene rings is 1. The fourth-order valence-electron chi connectivity index (χ4n) is 1.99. The van der Waals surface area contributed by atoms with Crippen LogP contribution in [0.15, 0.2) is 24.3 Å². The summed E-state index contributed by atoms with van der Waals surface area (Å²) in [5, 5.41) is 11.3. The standard InChI is InChI=1S/C15H13Cl2FN2O3/c1-8-10(16)7-11(17)14(19-8)15(2,3)23-13-5-4-9(20(21)22)6-12(13)18/h4-7H,1-3H3. The van der Waals surface area contributed by atoms with Crippen LogP contribution in [0.1, 0.15) is 25.2 Å². The first kappa shape index (κ1) is 17.4. The van der Waals surface area contributed by atoms with Gasteiger partial charge in [0, 0.05) is 6.07 Å². The Kier molecular flexibility index (Phi) is 4.77. The van der Waals surface area contributed by atoms with Gasteiger partial charge in [-0.25, -0.2) is 4.39 Å². The van der Waals surface area contributed by atoms with Gasteiger partial charge in [0.15, 0.2) is 11.6 Å². The third kappa shape index (κ3) is 3.71. The van der Waals surface area contributed by atoms with Crippen LogP contribution in [0.2, 0.25) is 10.0 Å². The Morgan fingerprint density at radius 2 is 1.91 bits per heavy atom. The molecule has 0 fully saturated rings. The van der Waals surface area contributed by atoms with E-state index in [2.05, 4.69) is 4.98 Å². The highest BCUT2D eigenvalue weighted by molar-refractivity contribution is 6.35. The highest BCUT2D eigenvalue weighted by atomic mass is 35.5. The second-order valence-electron chi connectivity index (χ2n) is 5.37. The number of pyridine rings is 1. The van der Waals surface area contributed by atoms with Crippen molar-refractivity contribution in [2.45, 2.75) is 26.4 Å². The lowest BCUT2D eigenvalue weighted by atomic mass is 10.0. The molecular weight excluding hydrogens is 346 g/mol. The predicted octanol–water partition coefficient (Wildman–Crippen LogP) is 5.06. The van der Waals surface area contributed by atoms with E-state index in [1.165, 1.54) is 12.1 Å². The van der Waals surface area contributed by atoms with Crippen molar-refractivity contribution < 1.29 is 14.1 Å². The van der Waals surface area contributed by atoms with Crippen molar-refractivity contribution in [3.05, 3.63) is 61.6 Å². The zero-order valence-corrected chi connectivity index (χ0v) is 14.1. The Balaban J connectivity index is 2.38. The largest absolute Gasteiger partial charge is 0.478 e. The first-order valence-electron chi connectivity index (χ1n) is 6.58. The maximum absolute atomic E-state index is 14.0. The summed E-state index contributed by atoms with van der Waals surface area (Å²) in [6, 6.07) is 4.70. The lowest BCUT2D eigenvalue weighted by Gasteiger charge is -2.27. The molecule has 23 heavy (non-hydrogen) atoms. The quantitative estimate of drug-likeness (QED) is 0.565. The molecule has 0 saturated heterocycles. The predicted molar refractivity (Wildman–Crippen MR) is 85.7 cm³/mol. The van der Waals surface area contributed by atoms with Crippen molar-refractivity contribution in [1.29, 1.82) is 0 Å². The molecule has 1 aromatic carbocycles. The van der Waals surface area contributed by atoms with Gasteiger partial charge in [0.1, 0.15) is 11.3 Å². The number of non-ortho nitro benzene ring substituents is 1. The van der Waals surface area contributed by atoms with E-state index in [9.17, 15) is 14.5 Å². The summed E-state index contributed by atoms with van der Waals surface area (Å²) in [7, 11) is 0. The van der Waals surface area contributed by atoms with Gasteiger partial charge in [-0.05, 0) is 32.9 Å². The SMILES string of the molecule is Cc1nc(C(C)(C)Oc2ccc([N+](=O)[O-])cc2F)c(Cl)cc1Cl. The van der Waals surface area contributed by atoms with Gasteiger partial charge in [0.05, 0.1) is 26.7 Å². The number of nitro benzene ring substituents is 1. The van der Waals surface area contributed by atoms with E-state index in [-0.39, 0.29) is 16.5 Å². The number of hydrogen-bond acceptors (Lipinski definition) is 4. The average Bonchev–Trinajstić information content (AvgIpc) is 2.44. The van der Waals surface area contributed by atoms with Crippen molar-refractivity contribution in [1.82, 2.24) is 4.98 Å². The third-order valence-electron chi connectivity index (χ3n) is 3.17. The van der Waals surface area contributed by atoms with Crippen molar-refractivity contribution >= 4 is 28.9 Å². The topological polar surface area (TPSA) is 65.3 Å². The minimum Gasteiger partial charge on any atom is -0.478 e. The molecule has 5 nitrogen and oxygen atoms in total. The molecule has 2 aromatic rings. The maximum atomic E-state index is 14.0. The minimum absolute atomic E-state index is 0.133. The molecule has 0 amide bonds. The van der Waals surface area contributed by atoms with Crippen LogP contribution in [0.3, 0.4) is 0 Å². The fraction of sp³-hybridized carbons (Fsp3) is 0.267. The number of nitrogens with zero attached hydrogens (tertiary/aromatic N) is 2. The summed E-state index contributed by atoms with van der Waals surface area (Å²) < 4.78 is 19.6. The second-order valence-corrected chi connectivity index (χ2v) is 6.18. The Morgan fingerprint density at radius 3 is 2.48 bits per heavy atom. The van der Waals surface area contributed by atoms with E-state index in [1.54, 1.807) is 20.8 Å². The van der Waals surface area contributed by atoms with E-state index < -0.39 is 16.3 Å². The summed E-state index contributed by atoms with van der Waals surface area (Å²) in [4.78, 5) is 14.3. The molecule has 1 heterocycles. The summed E-state index contributed by atoms with van der Waals surface area (Å²) in [5.41, 5.74) is -0.472. The fourth-order valence-corrected chi connectivity index (χ4v) is 2.58. The molecule has 0 aliphatic heterocycles. The van der Waals surface area contributed by atoms with Gasteiger partial charge < -0.3 is 4.74 Å². The molecule has 0 aliphatic rings. The van der Waals surface area contributed by atoms with E-state index >= 15 is 0 Å². The average molecular weight is 359 g/mol. The third-order valence-corrected chi connectivity index (χ3v) is 3.84. The molecule has 0 bridgehead atoms. The van der Waals surface area contributed by atoms with Crippen molar-refractivity contribution in [3.8, 4) is 5.75 Å². The van der Waals surface area contributed by atoms with Crippen LogP contribution in [0, 0.1) is 22.9 Å². The number of rotatable bonds is 4. The Hall–Kier alpha value is -1.92. The van der Waals surface area contributed by atoms with Gasteiger partial charge in [-0.1, -0.05) is 23.2 Å². The maximum Gasteiger partial charge on any atom is 0.272 e. The zero-order chi connectivity index (χ0) is 17.4. The van der Waals surface area contributed by atoms with Gasteiger partial charge in [-0.15, -0.1) is 0 Å². The smallest absolute Gasteiger partial charge is 0.272 e. The van der Waals surface area contributed by atoms with Crippen LogP contribution in [-0.2, 0) is 5.60 Å². The molecule has 1 aromatic heterocycles. The molecule has 0 saturated carbocycles. The van der Waals surface area contributed by atoms with Crippen LogP contribution in [-0.4, -0.2) is 9.91 Å². The Bertz CT molecular complexity index is 782. The van der Waals surface area contributed by atoms with Crippen molar-refractivity contribution in [2.24, 2.45) is 0 Å². The first-order valence-corrected chi connectivity index (χ1v) is 7.33. The summed E-state index contributed by atoms with van der Waals surface area (Å²) in [5.74, 6) is -0.972. The van der Waals surface area contributed by atoms with Gasteiger partial charge in [0.2, 0.25) is 0 Å². The molecule has 0 radical (unpaired) electrons. The van der Waals surface area contributed by atoms with E-state index in [0.29, 0.717) is 16.4 Å². The number of hydrogen-bond donors (Lipinski definition) is 0. The molecular formula is C15H13Cl2FN2O3. The van der Waals surface area contributed by atoms with Gasteiger partial charge >= 0.3 is 0 Å². The molecule has 0 unspecified atom stereocenters. The summed E-state index contributed by atoms with van der Waals surface area (Å²) in [6.07, 6.45) is 0. The van der Waals surface area contributed by atoms with Crippen molar-refractivity contribution in [2.75, 3.05) is 0 Å². The molecule has 0 spiro atoms. The molecule has 2 rings (SSSR count). The highest BCUT2D eigenvalue weighted by Crippen LogP contribution is 2.35. The van der Waals surface area contributed by atoms with E-state index in [0.717, 1.165) is 12.1 Å². The number of halogens is 3. The van der Waals surface area contributed by atoms with E-state index in [4.69, 9.17) is 27.9 Å². The minimum atomic E-state index is -1.07. The Morgan fingerprint density at radius 1 is 1.26 bits per heavy atom. The lowest BCUT2D eigenvalue weighted by molar-refractivity contribution is -0.385. The van der Waals surface area contributed by atoms with Crippen LogP contribution in [0.4, 0.5) is 10.1 Å². The van der Waals surface area contributed by atoms with Crippen molar-refractivity contribution in [3.63, 3.8) is 0 Å². The van der Waals surface area contributed by atoms with Crippen LogP contribution >= 0.6 is 23.2 Å². The van der Waals surface area contributed by atoms with Crippen LogP contribution < -0.4 is 4.74 Å². The van der Waals surface area contributed by atoms with Gasteiger partial charge in [-0.3, -0.25) is 15.1 Å². The first-order chi connectivity index (χ1) is 10.6. The number of aryl methyl sites for hydroxylation is 1. The second kappa shape index (κ2) is 6.29. The van der Waals surface area contributed by atoms with Crippen LogP contribution in [0.25, 0.3) is 0 Å². The summed E-state index contributed by atoms with van der Waals surface area (Å²) >= 11 is 12.1. The van der Waals surface area contributed by atoms with Gasteiger partial charge in [0.25, 0.3) is 5.69 Å². The summed E-state index contributed by atoms with van der Waals surface area (Å²) in [6.45, 7) is 5.04. The number of ether oxygens (including phenoxy) is 1. The number of aromatic nitrogens is 1. The molecule has 8 heteroatoms. The Labute approximate surface area is 142 Å². The van der Waals surface area contributed by atoms with Crippen LogP contribution in [0.5, 0.6) is 5.75 Å². The zero-order valence-electron chi connectivity index (χ0n) is 12.6. The lowest BCUT2D eigenvalue weighted by Crippen LogP contribution is -2.28. The number of nitro groups is 1. The monoisotopic (exact) mass is 358 g/mol. The van der Waals surface area contributed by atoms with E-state index in [1.807, 2.05) is 0 Å². The van der Waals surface area contributed by atoms with Gasteiger partial charge in [-0.2, -0.15) is 0 Å². The highest BCUT2D eigenvalue weighted by Gasteiger charge is 2.29. The normalized spacial score (nSPS) is 11.4.